The Bertz CT molecular complexity index is 1070. The summed E-state index contributed by atoms with van der Waals surface area (Å²) < 4.78 is 6.81. The van der Waals surface area contributed by atoms with Crippen LogP contribution in [0.4, 0.5) is 11.5 Å². The van der Waals surface area contributed by atoms with Crippen molar-refractivity contribution in [3.63, 3.8) is 0 Å². The number of ether oxygens (including phenoxy) is 1. The van der Waals surface area contributed by atoms with Gasteiger partial charge in [-0.1, -0.05) is 29.3 Å². The lowest BCUT2D eigenvalue weighted by Crippen LogP contribution is -2.41. The second-order valence-corrected chi connectivity index (χ2v) is 7.89. The number of rotatable bonds is 5. The summed E-state index contributed by atoms with van der Waals surface area (Å²) in [6.45, 7) is 4.90. The summed E-state index contributed by atoms with van der Waals surface area (Å²) in [4.78, 5) is 19.4. The highest BCUT2D eigenvalue weighted by atomic mass is 35.5. The number of halogens is 2. The molecule has 0 saturated carbocycles. The standard InChI is InChI=1S/C21H21Cl2N5O2/c1-14-13-27(8-9-30-14)19-7-2-15(11-25-19)10-24-18-12-26-28(21(29)20(18)23)17-5-3-16(22)4-6-17/h2-7,11-12,14,24H,8-10,13H2,1H3. The Morgan fingerprint density at radius 1 is 1.17 bits per heavy atom. The maximum Gasteiger partial charge on any atom is 0.292 e. The molecule has 156 valence electrons. The molecule has 0 aliphatic carbocycles. The average Bonchev–Trinajstić information content (AvgIpc) is 2.76. The summed E-state index contributed by atoms with van der Waals surface area (Å²) in [6, 6.07) is 10.8. The first-order valence-corrected chi connectivity index (χ1v) is 10.4. The number of benzene rings is 1. The van der Waals surface area contributed by atoms with Gasteiger partial charge in [0.15, 0.2) is 0 Å². The van der Waals surface area contributed by atoms with Crippen LogP contribution in [-0.4, -0.2) is 40.6 Å². The smallest absolute Gasteiger partial charge is 0.292 e. The van der Waals surface area contributed by atoms with Crippen LogP contribution < -0.4 is 15.8 Å². The van der Waals surface area contributed by atoms with Crippen molar-refractivity contribution in [2.75, 3.05) is 29.9 Å². The van der Waals surface area contributed by atoms with Gasteiger partial charge in [-0.3, -0.25) is 4.79 Å². The van der Waals surface area contributed by atoms with Crippen LogP contribution in [0.25, 0.3) is 5.69 Å². The fraction of sp³-hybridized carbons (Fsp3) is 0.286. The lowest BCUT2D eigenvalue weighted by molar-refractivity contribution is 0.0529. The van der Waals surface area contributed by atoms with E-state index >= 15 is 0 Å². The summed E-state index contributed by atoms with van der Waals surface area (Å²) in [7, 11) is 0. The Hall–Kier alpha value is -2.61. The highest BCUT2D eigenvalue weighted by Gasteiger charge is 2.17. The maximum atomic E-state index is 12.6. The van der Waals surface area contributed by atoms with Gasteiger partial charge in [0.2, 0.25) is 0 Å². The number of nitrogens with zero attached hydrogens (tertiary/aromatic N) is 4. The largest absolute Gasteiger partial charge is 0.378 e. The average molecular weight is 446 g/mol. The van der Waals surface area contributed by atoms with Gasteiger partial charge in [-0.05, 0) is 42.8 Å². The number of hydrogen-bond acceptors (Lipinski definition) is 6. The van der Waals surface area contributed by atoms with E-state index < -0.39 is 5.56 Å². The minimum atomic E-state index is -0.404. The minimum absolute atomic E-state index is 0.0758. The molecule has 1 saturated heterocycles. The van der Waals surface area contributed by atoms with Gasteiger partial charge >= 0.3 is 0 Å². The molecular weight excluding hydrogens is 425 g/mol. The zero-order valence-electron chi connectivity index (χ0n) is 16.4. The van der Waals surface area contributed by atoms with Gasteiger partial charge in [0.25, 0.3) is 5.56 Å². The van der Waals surface area contributed by atoms with Crippen LogP contribution in [0.15, 0.2) is 53.6 Å². The van der Waals surface area contributed by atoms with E-state index in [9.17, 15) is 4.79 Å². The number of nitrogens with one attached hydrogen (secondary N) is 1. The Balaban J connectivity index is 1.44. The fourth-order valence-electron chi connectivity index (χ4n) is 3.25. The van der Waals surface area contributed by atoms with E-state index in [0.717, 1.165) is 24.5 Å². The maximum absolute atomic E-state index is 12.6. The molecule has 1 aliphatic heterocycles. The third kappa shape index (κ3) is 4.59. The van der Waals surface area contributed by atoms with Gasteiger partial charge in [-0.2, -0.15) is 9.78 Å². The Kier molecular flexibility index (Phi) is 6.22. The molecule has 1 aromatic carbocycles. The number of anilines is 2. The van der Waals surface area contributed by atoms with Crippen LogP contribution in [0.2, 0.25) is 10.0 Å². The van der Waals surface area contributed by atoms with E-state index in [1.165, 1.54) is 10.9 Å². The molecule has 9 heteroatoms. The normalized spacial score (nSPS) is 16.5. The third-order valence-electron chi connectivity index (χ3n) is 4.85. The van der Waals surface area contributed by atoms with Crippen LogP contribution in [0.1, 0.15) is 12.5 Å². The van der Waals surface area contributed by atoms with Crippen molar-refractivity contribution in [1.82, 2.24) is 14.8 Å². The second-order valence-electron chi connectivity index (χ2n) is 7.07. The van der Waals surface area contributed by atoms with E-state index in [2.05, 4.69) is 27.2 Å². The SMILES string of the molecule is CC1CN(c2ccc(CNc3cnn(-c4ccc(Cl)cc4)c(=O)c3Cl)cn2)CCO1. The van der Waals surface area contributed by atoms with E-state index in [-0.39, 0.29) is 11.1 Å². The molecule has 0 bridgehead atoms. The lowest BCUT2D eigenvalue weighted by Gasteiger charge is -2.32. The molecule has 3 heterocycles. The highest BCUT2D eigenvalue weighted by Crippen LogP contribution is 2.20. The second kappa shape index (κ2) is 9.04. The Morgan fingerprint density at radius 2 is 1.97 bits per heavy atom. The minimum Gasteiger partial charge on any atom is -0.378 e. The van der Waals surface area contributed by atoms with E-state index in [1.807, 2.05) is 18.3 Å². The van der Waals surface area contributed by atoms with Crippen molar-refractivity contribution in [1.29, 1.82) is 0 Å². The highest BCUT2D eigenvalue weighted by molar-refractivity contribution is 6.33. The van der Waals surface area contributed by atoms with Crippen molar-refractivity contribution in [2.45, 2.75) is 19.6 Å². The van der Waals surface area contributed by atoms with Crippen molar-refractivity contribution in [2.24, 2.45) is 0 Å². The summed E-state index contributed by atoms with van der Waals surface area (Å²) in [5, 5.41) is 8.03. The fourth-order valence-corrected chi connectivity index (χ4v) is 3.58. The predicted molar refractivity (Wildman–Crippen MR) is 119 cm³/mol. The van der Waals surface area contributed by atoms with Crippen LogP contribution >= 0.6 is 23.2 Å². The molecule has 30 heavy (non-hydrogen) atoms. The van der Waals surface area contributed by atoms with E-state index in [4.69, 9.17) is 27.9 Å². The number of hydrogen-bond donors (Lipinski definition) is 1. The molecule has 4 rings (SSSR count). The van der Waals surface area contributed by atoms with Crippen molar-refractivity contribution in [3.8, 4) is 5.69 Å². The van der Waals surface area contributed by atoms with Crippen molar-refractivity contribution < 1.29 is 4.74 Å². The quantitative estimate of drug-likeness (QED) is 0.644. The summed E-state index contributed by atoms with van der Waals surface area (Å²) >= 11 is 12.2. The molecule has 1 N–H and O–H groups in total. The van der Waals surface area contributed by atoms with Crippen LogP contribution in [0.3, 0.4) is 0 Å². The third-order valence-corrected chi connectivity index (χ3v) is 5.46. The topological polar surface area (TPSA) is 72.3 Å². The molecule has 2 aromatic heterocycles. The first-order valence-electron chi connectivity index (χ1n) is 9.60. The monoisotopic (exact) mass is 445 g/mol. The summed E-state index contributed by atoms with van der Waals surface area (Å²) in [5.41, 5.74) is 1.63. The molecule has 1 fully saturated rings. The molecule has 0 spiro atoms. The number of pyridine rings is 1. The Labute approximate surface area is 184 Å². The zero-order chi connectivity index (χ0) is 21.1. The molecule has 0 amide bonds. The molecule has 7 nitrogen and oxygen atoms in total. The van der Waals surface area contributed by atoms with Gasteiger partial charge in [0, 0.05) is 30.9 Å². The molecule has 1 aliphatic rings. The van der Waals surface area contributed by atoms with Gasteiger partial charge in [-0.25, -0.2) is 4.98 Å². The van der Waals surface area contributed by atoms with Gasteiger partial charge in [0.05, 0.1) is 30.3 Å². The number of aromatic nitrogens is 3. The summed E-state index contributed by atoms with van der Waals surface area (Å²) in [6.07, 6.45) is 3.56. The summed E-state index contributed by atoms with van der Waals surface area (Å²) in [5.74, 6) is 0.930. The van der Waals surface area contributed by atoms with E-state index in [1.54, 1.807) is 24.3 Å². The van der Waals surface area contributed by atoms with Crippen LogP contribution in [0.5, 0.6) is 0 Å². The molecular formula is C21H21Cl2N5O2. The number of morpholine rings is 1. The van der Waals surface area contributed by atoms with Crippen molar-refractivity contribution >= 4 is 34.7 Å². The van der Waals surface area contributed by atoms with Crippen molar-refractivity contribution in [3.05, 3.63) is 74.8 Å². The zero-order valence-corrected chi connectivity index (χ0v) is 17.9. The molecule has 0 radical (unpaired) electrons. The van der Waals surface area contributed by atoms with E-state index in [0.29, 0.717) is 29.5 Å². The molecule has 1 atom stereocenters. The van der Waals surface area contributed by atoms with Crippen LogP contribution in [0, 0.1) is 0 Å². The predicted octanol–water partition coefficient (Wildman–Crippen LogP) is 3.77. The molecule has 1 unspecified atom stereocenters. The van der Waals surface area contributed by atoms with Crippen LogP contribution in [-0.2, 0) is 11.3 Å². The first-order chi connectivity index (χ1) is 14.5. The lowest BCUT2D eigenvalue weighted by atomic mass is 10.2. The van der Waals surface area contributed by atoms with Gasteiger partial charge < -0.3 is 15.0 Å². The Morgan fingerprint density at radius 3 is 2.67 bits per heavy atom. The first kappa shape index (κ1) is 20.7. The molecule has 3 aromatic rings. The van der Waals surface area contributed by atoms with Gasteiger partial charge in [-0.15, -0.1) is 0 Å². The van der Waals surface area contributed by atoms with Gasteiger partial charge in [0.1, 0.15) is 10.8 Å².